The minimum absolute atomic E-state index is 0.104. The lowest BCUT2D eigenvalue weighted by molar-refractivity contribution is -0.161. The molecule has 19 heteroatoms. The summed E-state index contributed by atoms with van der Waals surface area (Å²) in [5.41, 5.74) is 0. The molecule has 0 aromatic rings. The van der Waals surface area contributed by atoms with Gasteiger partial charge in [0, 0.05) is 25.7 Å². The standard InChI is InChI=1S/C76H148O17P2/c1-8-10-11-12-13-14-15-16-17-18-21-24-27-36-43-50-57-73(78)86-63-71(92-75(80)59-52-45-38-28-25-22-19-20-23-26-33-40-47-54-67(3)4)65-90-94(82,83)88-61-70(77)62-89-95(84,85)91-66-72(64-87-74(79)58-51-44-37-31-29-34-41-48-55-68(5)6)93-76(81)60-53-46-39-32-30-35-42-49-56-69(7)9-2/h67-72,77H,8-66H2,1-7H3,(H,82,83)(H,84,85)/t69?,70-,71-,72-/m1/s1. The van der Waals surface area contributed by atoms with Gasteiger partial charge in [0.25, 0.3) is 0 Å². The van der Waals surface area contributed by atoms with Gasteiger partial charge < -0.3 is 33.8 Å². The van der Waals surface area contributed by atoms with E-state index in [1.165, 1.54) is 199 Å². The van der Waals surface area contributed by atoms with E-state index in [0.29, 0.717) is 25.7 Å². The van der Waals surface area contributed by atoms with E-state index in [4.69, 9.17) is 37.0 Å². The molecule has 6 atom stereocenters. The molecule has 3 N–H and O–H groups in total. The van der Waals surface area contributed by atoms with E-state index in [1.807, 2.05) is 0 Å². The topological polar surface area (TPSA) is 237 Å². The van der Waals surface area contributed by atoms with E-state index >= 15 is 0 Å². The van der Waals surface area contributed by atoms with Crippen LogP contribution in [0.3, 0.4) is 0 Å². The van der Waals surface area contributed by atoms with Crippen molar-refractivity contribution in [2.75, 3.05) is 39.6 Å². The zero-order valence-electron chi connectivity index (χ0n) is 62.1. The normalized spacial score (nSPS) is 14.4. The summed E-state index contributed by atoms with van der Waals surface area (Å²) in [6.07, 6.45) is 52.7. The first-order valence-electron chi connectivity index (χ1n) is 39.4. The number of carbonyl (C=O) groups is 4. The highest BCUT2D eigenvalue weighted by Gasteiger charge is 2.30. The maximum absolute atomic E-state index is 13.1. The highest BCUT2D eigenvalue weighted by molar-refractivity contribution is 7.47. The monoisotopic (exact) mass is 1400 g/mol. The molecular formula is C76H148O17P2. The SMILES string of the molecule is CCCCCCCCCCCCCCCCCCC(=O)OC[C@H](COP(=O)(O)OC[C@@H](O)COP(=O)(O)OC[C@@H](COC(=O)CCCCCCCCCCC(C)C)OC(=O)CCCCCCCCCCC(C)CC)OC(=O)CCCCCCCCCCCCCCCC(C)C. The number of aliphatic hydroxyl groups is 1. The molecule has 0 saturated carbocycles. The molecule has 0 aliphatic carbocycles. The van der Waals surface area contributed by atoms with Gasteiger partial charge >= 0.3 is 39.5 Å². The van der Waals surface area contributed by atoms with Gasteiger partial charge in [-0.1, -0.05) is 337 Å². The number of rotatable bonds is 74. The lowest BCUT2D eigenvalue weighted by atomic mass is 9.99. The first kappa shape index (κ1) is 93.1. The van der Waals surface area contributed by atoms with Crippen LogP contribution in [0.25, 0.3) is 0 Å². The number of carbonyl (C=O) groups excluding carboxylic acids is 4. The van der Waals surface area contributed by atoms with E-state index in [0.717, 1.165) is 108 Å². The molecule has 0 heterocycles. The second kappa shape index (κ2) is 66.6. The average molecular weight is 1400 g/mol. The summed E-state index contributed by atoms with van der Waals surface area (Å²) in [6, 6.07) is 0. The van der Waals surface area contributed by atoms with E-state index < -0.39 is 97.5 Å². The van der Waals surface area contributed by atoms with Gasteiger partial charge in [-0.3, -0.25) is 37.3 Å². The van der Waals surface area contributed by atoms with Crippen molar-refractivity contribution in [2.24, 2.45) is 17.8 Å². The lowest BCUT2D eigenvalue weighted by Crippen LogP contribution is -2.30. The van der Waals surface area contributed by atoms with Crippen LogP contribution in [0.1, 0.15) is 389 Å². The quantitative estimate of drug-likeness (QED) is 0.0222. The van der Waals surface area contributed by atoms with E-state index in [-0.39, 0.29) is 25.7 Å². The molecule has 17 nitrogen and oxygen atoms in total. The molecule has 0 aromatic heterocycles. The average Bonchev–Trinajstić information content (AvgIpc) is 1.59. The molecule has 0 amide bonds. The van der Waals surface area contributed by atoms with Crippen LogP contribution in [-0.2, 0) is 65.4 Å². The number of aliphatic hydroxyl groups excluding tert-OH is 1. The first-order valence-corrected chi connectivity index (χ1v) is 42.4. The van der Waals surface area contributed by atoms with Crippen LogP contribution in [0, 0.1) is 17.8 Å². The molecule has 0 fully saturated rings. The van der Waals surface area contributed by atoms with Crippen molar-refractivity contribution in [3.05, 3.63) is 0 Å². The van der Waals surface area contributed by atoms with Gasteiger partial charge in [0.05, 0.1) is 26.4 Å². The molecule has 0 aromatic carbocycles. The van der Waals surface area contributed by atoms with Crippen LogP contribution in [0.15, 0.2) is 0 Å². The number of ether oxygens (including phenoxy) is 4. The van der Waals surface area contributed by atoms with Crippen molar-refractivity contribution in [3.8, 4) is 0 Å². The minimum Gasteiger partial charge on any atom is -0.462 e. The van der Waals surface area contributed by atoms with Crippen molar-refractivity contribution in [2.45, 2.75) is 407 Å². The molecule has 3 unspecified atom stereocenters. The summed E-state index contributed by atoms with van der Waals surface area (Å²) in [4.78, 5) is 72.8. The number of unbranched alkanes of at least 4 members (excludes halogenated alkanes) is 41. The Balaban J connectivity index is 5.26. The Hall–Kier alpha value is -1.94. The Morgan fingerprint density at radius 2 is 0.537 bits per heavy atom. The molecule has 0 aliphatic heterocycles. The Morgan fingerprint density at radius 1 is 0.305 bits per heavy atom. The smallest absolute Gasteiger partial charge is 0.462 e. The lowest BCUT2D eigenvalue weighted by Gasteiger charge is -2.21. The van der Waals surface area contributed by atoms with E-state index in [9.17, 15) is 43.2 Å². The van der Waals surface area contributed by atoms with Gasteiger partial charge in [-0.05, 0) is 43.4 Å². The second-order valence-corrected chi connectivity index (χ2v) is 31.5. The van der Waals surface area contributed by atoms with Gasteiger partial charge in [0.2, 0.25) is 0 Å². The highest BCUT2D eigenvalue weighted by atomic mass is 31.2. The van der Waals surface area contributed by atoms with Crippen molar-refractivity contribution >= 4 is 39.5 Å². The van der Waals surface area contributed by atoms with Crippen LogP contribution in [0.2, 0.25) is 0 Å². The van der Waals surface area contributed by atoms with Crippen LogP contribution < -0.4 is 0 Å². The fraction of sp³-hybridized carbons (Fsp3) is 0.947. The van der Waals surface area contributed by atoms with Gasteiger partial charge in [0.1, 0.15) is 19.3 Å². The van der Waals surface area contributed by atoms with Crippen molar-refractivity contribution in [1.82, 2.24) is 0 Å². The van der Waals surface area contributed by atoms with Crippen molar-refractivity contribution in [3.63, 3.8) is 0 Å². The predicted octanol–water partition coefficient (Wildman–Crippen LogP) is 22.2. The minimum atomic E-state index is -4.96. The fourth-order valence-electron chi connectivity index (χ4n) is 11.6. The molecule has 0 bridgehead atoms. The Labute approximate surface area is 581 Å². The number of phosphoric acid groups is 2. The molecule has 0 rings (SSSR count). The molecule has 0 aliphatic rings. The van der Waals surface area contributed by atoms with E-state index in [1.54, 1.807) is 0 Å². The van der Waals surface area contributed by atoms with Crippen LogP contribution in [0.4, 0.5) is 0 Å². The van der Waals surface area contributed by atoms with Gasteiger partial charge in [-0.15, -0.1) is 0 Å². The third kappa shape index (κ3) is 69.0. The summed E-state index contributed by atoms with van der Waals surface area (Å²) in [5.74, 6) is 0.164. The van der Waals surface area contributed by atoms with Crippen LogP contribution in [0.5, 0.6) is 0 Å². The molecular weight excluding hydrogens is 1250 g/mol. The number of esters is 4. The molecule has 0 spiro atoms. The second-order valence-electron chi connectivity index (χ2n) is 28.6. The van der Waals surface area contributed by atoms with Crippen LogP contribution in [-0.4, -0.2) is 96.7 Å². The zero-order chi connectivity index (χ0) is 70.1. The fourth-order valence-corrected chi connectivity index (χ4v) is 13.1. The van der Waals surface area contributed by atoms with Crippen molar-refractivity contribution < 1.29 is 80.2 Å². The van der Waals surface area contributed by atoms with Gasteiger partial charge in [-0.2, -0.15) is 0 Å². The highest BCUT2D eigenvalue weighted by Crippen LogP contribution is 2.45. The Bertz CT molecular complexity index is 1850. The number of hydrogen-bond acceptors (Lipinski definition) is 15. The molecule has 564 valence electrons. The largest absolute Gasteiger partial charge is 0.472 e. The summed E-state index contributed by atoms with van der Waals surface area (Å²) in [5, 5.41) is 10.6. The Morgan fingerprint density at radius 3 is 0.800 bits per heavy atom. The summed E-state index contributed by atoms with van der Waals surface area (Å²) >= 11 is 0. The number of phosphoric ester groups is 2. The van der Waals surface area contributed by atoms with E-state index in [2.05, 4.69) is 48.5 Å². The Kier molecular flexibility index (Phi) is 65.2. The number of hydrogen-bond donors (Lipinski definition) is 3. The zero-order valence-corrected chi connectivity index (χ0v) is 63.9. The molecule has 0 radical (unpaired) electrons. The van der Waals surface area contributed by atoms with Crippen LogP contribution >= 0.6 is 15.6 Å². The third-order valence-electron chi connectivity index (χ3n) is 18.0. The maximum atomic E-state index is 13.1. The first-order chi connectivity index (χ1) is 45.8. The molecule has 0 saturated heterocycles. The van der Waals surface area contributed by atoms with Gasteiger partial charge in [-0.25, -0.2) is 9.13 Å². The predicted molar refractivity (Wildman–Crippen MR) is 386 cm³/mol. The third-order valence-corrected chi connectivity index (χ3v) is 19.9. The maximum Gasteiger partial charge on any atom is 0.472 e. The summed E-state index contributed by atoms with van der Waals surface area (Å²) in [6.45, 7) is 11.9. The van der Waals surface area contributed by atoms with Crippen molar-refractivity contribution in [1.29, 1.82) is 0 Å². The molecule has 95 heavy (non-hydrogen) atoms. The van der Waals surface area contributed by atoms with Gasteiger partial charge in [0.15, 0.2) is 12.2 Å². The summed E-state index contributed by atoms with van der Waals surface area (Å²) in [7, 11) is -9.91. The summed E-state index contributed by atoms with van der Waals surface area (Å²) < 4.78 is 68.5.